The minimum absolute atomic E-state index is 0.279. The van der Waals surface area contributed by atoms with E-state index in [2.05, 4.69) is 4.90 Å². The van der Waals surface area contributed by atoms with Gasteiger partial charge in [-0.15, -0.1) is 0 Å². The molecule has 4 nitrogen and oxygen atoms in total. The molecule has 2 aromatic carbocycles. The first kappa shape index (κ1) is 18.2. The first-order chi connectivity index (χ1) is 11.8. The lowest BCUT2D eigenvalue weighted by molar-refractivity contribution is 0.384. The molecule has 0 atom stereocenters. The average molecular weight is 383 g/mol. The molecule has 0 spiro atoms. The molecule has 25 heavy (non-hydrogen) atoms. The second-order valence-electron chi connectivity index (χ2n) is 6.23. The predicted molar refractivity (Wildman–Crippen MR) is 98.3 cm³/mol. The fourth-order valence-electron chi connectivity index (χ4n) is 3.01. The van der Waals surface area contributed by atoms with Gasteiger partial charge in [-0.05, 0) is 61.4 Å². The Kier molecular flexibility index (Phi) is 5.04. The summed E-state index contributed by atoms with van der Waals surface area (Å²) < 4.78 is 40.5. The summed E-state index contributed by atoms with van der Waals surface area (Å²) in [5, 5.41) is 0.567. The Morgan fingerprint density at radius 1 is 0.960 bits per heavy atom. The van der Waals surface area contributed by atoms with Crippen molar-refractivity contribution in [3.63, 3.8) is 0 Å². The van der Waals surface area contributed by atoms with E-state index >= 15 is 0 Å². The Labute approximate surface area is 152 Å². The summed E-state index contributed by atoms with van der Waals surface area (Å²) in [6.07, 6.45) is 0. The first-order valence-electron chi connectivity index (χ1n) is 8.06. The van der Waals surface area contributed by atoms with Gasteiger partial charge in [0.2, 0.25) is 10.0 Å². The number of aryl methyl sites for hydroxylation is 2. The SMILES string of the molecule is Cc1cc(S(=O)(=O)N2CCN(c3ccc(F)cc3)CC2)c(C)cc1Cl. The van der Waals surface area contributed by atoms with Gasteiger partial charge in [0.1, 0.15) is 5.82 Å². The van der Waals surface area contributed by atoms with Crippen molar-refractivity contribution in [3.8, 4) is 0 Å². The molecule has 0 aliphatic carbocycles. The molecule has 0 aromatic heterocycles. The van der Waals surface area contributed by atoms with Gasteiger partial charge in [-0.2, -0.15) is 4.31 Å². The van der Waals surface area contributed by atoms with E-state index < -0.39 is 10.0 Å². The lowest BCUT2D eigenvalue weighted by Gasteiger charge is -2.35. The molecular formula is C18H20ClFN2O2S. The molecule has 0 bridgehead atoms. The van der Waals surface area contributed by atoms with E-state index in [0.717, 1.165) is 11.3 Å². The maximum Gasteiger partial charge on any atom is 0.243 e. The summed E-state index contributed by atoms with van der Waals surface area (Å²) in [6, 6.07) is 9.59. The molecule has 1 saturated heterocycles. The summed E-state index contributed by atoms with van der Waals surface area (Å²) in [5.74, 6) is -0.279. The second-order valence-corrected chi connectivity index (χ2v) is 8.55. The molecule has 1 heterocycles. The topological polar surface area (TPSA) is 40.6 Å². The molecule has 1 aliphatic rings. The first-order valence-corrected chi connectivity index (χ1v) is 9.88. The van der Waals surface area contributed by atoms with Crippen LogP contribution < -0.4 is 4.90 Å². The van der Waals surface area contributed by atoms with Crippen molar-refractivity contribution < 1.29 is 12.8 Å². The number of anilines is 1. The predicted octanol–water partition coefficient (Wildman–Crippen LogP) is 3.61. The van der Waals surface area contributed by atoms with Crippen molar-refractivity contribution in [2.75, 3.05) is 31.1 Å². The third-order valence-corrected chi connectivity index (χ3v) is 6.95. The highest BCUT2D eigenvalue weighted by Gasteiger charge is 2.30. The van der Waals surface area contributed by atoms with Crippen LogP contribution >= 0.6 is 11.6 Å². The van der Waals surface area contributed by atoms with Gasteiger partial charge in [0.05, 0.1) is 4.90 Å². The normalized spacial score (nSPS) is 16.2. The number of rotatable bonds is 3. The van der Waals surface area contributed by atoms with Crippen LogP contribution in [0.3, 0.4) is 0 Å². The lowest BCUT2D eigenvalue weighted by Crippen LogP contribution is -2.48. The van der Waals surface area contributed by atoms with E-state index in [1.165, 1.54) is 16.4 Å². The van der Waals surface area contributed by atoms with Crippen molar-refractivity contribution in [1.29, 1.82) is 0 Å². The summed E-state index contributed by atoms with van der Waals surface area (Å²) >= 11 is 6.08. The molecule has 2 aromatic rings. The van der Waals surface area contributed by atoms with E-state index in [-0.39, 0.29) is 5.82 Å². The number of halogens is 2. The molecule has 1 aliphatic heterocycles. The number of nitrogens with zero attached hydrogens (tertiary/aromatic N) is 2. The van der Waals surface area contributed by atoms with Crippen LogP contribution in [0.1, 0.15) is 11.1 Å². The van der Waals surface area contributed by atoms with Gasteiger partial charge >= 0.3 is 0 Å². The zero-order valence-corrected chi connectivity index (χ0v) is 15.7. The van der Waals surface area contributed by atoms with Crippen molar-refractivity contribution in [1.82, 2.24) is 4.31 Å². The van der Waals surface area contributed by atoms with Gasteiger partial charge in [0.15, 0.2) is 0 Å². The minimum atomic E-state index is -3.56. The van der Waals surface area contributed by atoms with Gasteiger partial charge in [-0.3, -0.25) is 0 Å². The molecule has 0 amide bonds. The fraction of sp³-hybridized carbons (Fsp3) is 0.333. The maximum absolute atomic E-state index is 13.0. The van der Waals surface area contributed by atoms with Gasteiger partial charge in [-0.1, -0.05) is 11.6 Å². The van der Waals surface area contributed by atoms with Crippen LogP contribution in [-0.4, -0.2) is 38.9 Å². The number of sulfonamides is 1. The highest BCUT2D eigenvalue weighted by atomic mass is 35.5. The second kappa shape index (κ2) is 6.94. The number of piperazine rings is 1. The Morgan fingerprint density at radius 2 is 1.56 bits per heavy atom. The lowest BCUT2D eigenvalue weighted by atomic mass is 10.2. The van der Waals surface area contributed by atoms with Crippen LogP contribution in [0, 0.1) is 19.7 Å². The molecule has 7 heteroatoms. The van der Waals surface area contributed by atoms with Gasteiger partial charge in [-0.25, -0.2) is 12.8 Å². The highest BCUT2D eigenvalue weighted by molar-refractivity contribution is 7.89. The fourth-order valence-corrected chi connectivity index (χ4v) is 4.94. The van der Waals surface area contributed by atoms with Crippen molar-refractivity contribution in [2.45, 2.75) is 18.7 Å². The van der Waals surface area contributed by atoms with Crippen molar-refractivity contribution >= 4 is 27.3 Å². The zero-order valence-electron chi connectivity index (χ0n) is 14.2. The van der Waals surface area contributed by atoms with Crippen LogP contribution in [0.15, 0.2) is 41.3 Å². The van der Waals surface area contributed by atoms with Crippen LogP contribution in [-0.2, 0) is 10.0 Å². The van der Waals surface area contributed by atoms with Crippen molar-refractivity contribution in [3.05, 3.63) is 58.4 Å². The smallest absolute Gasteiger partial charge is 0.243 e. The molecule has 0 N–H and O–H groups in total. The molecule has 0 radical (unpaired) electrons. The van der Waals surface area contributed by atoms with Crippen LogP contribution in [0.2, 0.25) is 5.02 Å². The number of benzene rings is 2. The number of hydrogen-bond donors (Lipinski definition) is 0. The van der Waals surface area contributed by atoms with Crippen LogP contribution in [0.25, 0.3) is 0 Å². The van der Waals surface area contributed by atoms with E-state index in [0.29, 0.717) is 41.7 Å². The van der Waals surface area contributed by atoms with Gasteiger partial charge < -0.3 is 4.90 Å². The summed E-state index contributed by atoms with van der Waals surface area (Å²) in [7, 11) is -3.56. The molecule has 3 rings (SSSR count). The van der Waals surface area contributed by atoms with Gasteiger partial charge in [0, 0.05) is 36.9 Å². The minimum Gasteiger partial charge on any atom is -0.369 e. The third kappa shape index (κ3) is 3.66. The van der Waals surface area contributed by atoms with Crippen molar-refractivity contribution in [2.24, 2.45) is 0 Å². The number of hydrogen-bond acceptors (Lipinski definition) is 3. The largest absolute Gasteiger partial charge is 0.369 e. The third-order valence-electron chi connectivity index (χ3n) is 4.50. The van der Waals surface area contributed by atoms with E-state index in [1.54, 1.807) is 38.1 Å². The van der Waals surface area contributed by atoms with E-state index in [4.69, 9.17) is 11.6 Å². The molecular weight excluding hydrogens is 363 g/mol. The maximum atomic E-state index is 13.0. The molecule has 0 unspecified atom stereocenters. The van der Waals surface area contributed by atoms with Crippen LogP contribution in [0.5, 0.6) is 0 Å². The zero-order chi connectivity index (χ0) is 18.2. The van der Waals surface area contributed by atoms with Gasteiger partial charge in [0.25, 0.3) is 0 Å². The quantitative estimate of drug-likeness (QED) is 0.814. The Bertz CT molecular complexity index is 877. The molecule has 134 valence electrons. The Balaban J connectivity index is 1.78. The van der Waals surface area contributed by atoms with E-state index in [1.807, 2.05) is 0 Å². The summed E-state index contributed by atoms with van der Waals surface area (Å²) in [5.41, 5.74) is 2.30. The average Bonchev–Trinajstić information content (AvgIpc) is 2.59. The molecule has 0 saturated carbocycles. The van der Waals surface area contributed by atoms with E-state index in [9.17, 15) is 12.8 Å². The Morgan fingerprint density at radius 3 is 2.16 bits per heavy atom. The molecule has 1 fully saturated rings. The Hall–Kier alpha value is -1.63. The summed E-state index contributed by atoms with van der Waals surface area (Å²) in [4.78, 5) is 2.37. The standard InChI is InChI=1S/C18H20ClFN2O2S/c1-13-12-18(14(2)11-17(13)19)25(23,24)22-9-7-21(8-10-22)16-5-3-15(20)4-6-16/h3-6,11-12H,7-10H2,1-2H3. The van der Waals surface area contributed by atoms with Crippen LogP contribution in [0.4, 0.5) is 10.1 Å². The monoisotopic (exact) mass is 382 g/mol. The highest BCUT2D eigenvalue weighted by Crippen LogP contribution is 2.27. The summed E-state index contributed by atoms with van der Waals surface area (Å²) in [6.45, 7) is 5.47.